The van der Waals surface area contributed by atoms with Crippen LogP contribution in [0.15, 0.2) is 29.0 Å². The molecule has 0 fully saturated rings. The fraction of sp³-hybridized carbons (Fsp3) is 0.429. The molecule has 0 aliphatic rings. The van der Waals surface area contributed by atoms with Crippen molar-refractivity contribution < 1.29 is 5.11 Å². The van der Waals surface area contributed by atoms with E-state index in [1.54, 1.807) is 6.07 Å². The van der Waals surface area contributed by atoms with Crippen LogP contribution in [-0.2, 0) is 13.0 Å². The summed E-state index contributed by atoms with van der Waals surface area (Å²) < 4.78 is 2.66. The first kappa shape index (κ1) is 15.5. The maximum absolute atomic E-state index is 10.3. The van der Waals surface area contributed by atoms with Crippen LogP contribution in [0.2, 0.25) is 5.02 Å². The van der Waals surface area contributed by atoms with E-state index in [0.717, 1.165) is 22.4 Å². The highest BCUT2D eigenvalue weighted by Crippen LogP contribution is 2.27. The van der Waals surface area contributed by atoms with Gasteiger partial charge in [-0.05, 0) is 39.5 Å². The Balaban J connectivity index is 2.13. The van der Waals surface area contributed by atoms with Gasteiger partial charge >= 0.3 is 0 Å². The molecule has 0 spiro atoms. The molecule has 4 nitrogen and oxygen atoms in total. The van der Waals surface area contributed by atoms with Crippen LogP contribution in [0.4, 0.5) is 0 Å². The number of nitrogens with zero attached hydrogens (tertiary/aromatic N) is 3. The Morgan fingerprint density at radius 1 is 1.40 bits per heavy atom. The molecule has 1 heterocycles. The molecule has 0 aliphatic carbocycles. The van der Waals surface area contributed by atoms with Gasteiger partial charge in [0.2, 0.25) is 0 Å². The molecule has 1 unspecified atom stereocenters. The maximum atomic E-state index is 10.3. The fourth-order valence-electron chi connectivity index (χ4n) is 1.95. The van der Waals surface area contributed by atoms with Crippen LogP contribution in [0.5, 0.6) is 0 Å². The molecular formula is C14H17BrClN3O. The van der Waals surface area contributed by atoms with Crippen molar-refractivity contribution in [3.8, 4) is 0 Å². The molecule has 2 rings (SSSR count). The Morgan fingerprint density at radius 2 is 2.15 bits per heavy atom. The number of aromatic nitrogens is 3. The summed E-state index contributed by atoms with van der Waals surface area (Å²) in [6.45, 7) is 5.04. The highest BCUT2D eigenvalue weighted by atomic mass is 79.9. The molecule has 0 aliphatic heterocycles. The predicted octanol–water partition coefficient (Wildman–Crippen LogP) is 3.63. The van der Waals surface area contributed by atoms with Gasteiger partial charge in [-0.15, -0.1) is 0 Å². The van der Waals surface area contributed by atoms with Crippen molar-refractivity contribution in [3.63, 3.8) is 0 Å². The van der Waals surface area contributed by atoms with Crippen molar-refractivity contribution in [3.05, 3.63) is 45.4 Å². The second-order valence-corrected chi connectivity index (χ2v) is 6.41. The lowest BCUT2D eigenvalue weighted by molar-refractivity contribution is 0.173. The van der Waals surface area contributed by atoms with E-state index in [2.05, 4.69) is 39.9 Å². The van der Waals surface area contributed by atoms with Gasteiger partial charge < -0.3 is 5.11 Å². The van der Waals surface area contributed by atoms with Crippen molar-refractivity contribution in [2.24, 2.45) is 5.92 Å². The second-order valence-electron chi connectivity index (χ2n) is 5.15. The van der Waals surface area contributed by atoms with Crippen LogP contribution in [0.1, 0.15) is 31.3 Å². The van der Waals surface area contributed by atoms with Crippen LogP contribution in [0.25, 0.3) is 0 Å². The molecular weight excluding hydrogens is 342 g/mol. The predicted molar refractivity (Wildman–Crippen MR) is 82.7 cm³/mol. The second kappa shape index (κ2) is 6.70. The lowest BCUT2D eigenvalue weighted by atomic mass is 10.1. The largest absolute Gasteiger partial charge is 0.388 e. The Bertz CT molecular complexity index is 586. The van der Waals surface area contributed by atoms with Gasteiger partial charge in [0.25, 0.3) is 0 Å². The van der Waals surface area contributed by atoms with E-state index in [-0.39, 0.29) is 0 Å². The first-order valence-corrected chi connectivity index (χ1v) is 7.64. The number of hydrogen-bond donors (Lipinski definition) is 1. The van der Waals surface area contributed by atoms with Crippen molar-refractivity contribution in [2.45, 2.75) is 32.9 Å². The molecule has 0 saturated heterocycles. The lowest BCUT2D eigenvalue weighted by Gasteiger charge is -2.13. The van der Waals surface area contributed by atoms with Crippen molar-refractivity contribution >= 4 is 27.5 Å². The monoisotopic (exact) mass is 357 g/mol. The van der Waals surface area contributed by atoms with Crippen molar-refractivity contribution in [1.29, 1.82) is 0 Å². The number of hydrogen-bond acceptors (Lipinski definition) is 3. The van der Waals surface area contributed by atoms with Gasteiger partial charge in [-0.1, -0.05) is 31.5 Å². The van der Waals surface area contributed by atoms with Crippen molar-refractivity contribution in [2.75, 3.05) is 0 Å². The molecule has 1 aromatic heterocycles. The molecule has 1 atom stereocenters. The van der Waals surface area contributed by atoms with Gasteiger partial charge in [0.05, 0.1) is 11.1 Å². The smallest absolute Gasteiger partial charge is 0.138 e. The number of rotatable bonds is 5. The molecule has 0 bridgehead atoms. The topological polar surface area (TPSA) is 50.9 Å². The summed E-state index contributed by atoms with van der Waals surface area (Å²) in [5, 5.41) is 15.1. The zero-order valence-electron chi connectivity index (χ0n) is 11.4. The highest BCUT2D eigenvalue weighted by molar-refractivity contribution is 9.10. The zero-order valence-corrected chi connectivity index (χ0v) is 13.8. The first-order chi connectivity index (χ1) is 9.47. The minimum Gasteiger partial charge on any atom is -0.388 e. The van der Waals surface area contributed by atoms with Gasteiger partial charge in [0, 0.05) is 17.4 Å². The third-order valence-corrected chi connectivity index (χ3v) is 4.17. The standard InChI is InChI=1S/C14H17BrClN3O/c1-9(2)7-19-14(17-8-18-19)6-13(20)10-3-4-11(15)12(16)5-10/h3-5,8-9,13,20H,6-7H2,1-2H3. The van der Waals surface area contributed by atoms with Gasteiger partial charge in [-0.2, -0.15) is 5.10 Å². The molecule has 0 radical (unpaired) electrons. The molecule has 2 aromatic rings. The summed E-state index contributed by atoms with van der Waals surface area (Å²) in [4.78, 5) is 4.22. The van der Waals surface area contributed by atoms with E-state index in [4.69, 9.17) is 11.6 Å². The number of halogens is 2. The number of benzene rings is 1. The van der Waals surface area contributed by atoms with Crippen LogP contribution >= 0.6 is 27.5 Å². The Labute approximate surface area is 131 Å². The SMILES string of the molecule is CC(C)Cn1ncnc1CC(O)c1ccc(Br)c(Cl)c1. The summed E-state index contributed by atoms with van der Waals surface area (Å²) >= 11 is 9.39. The Hall–Kier alpha value is -0.910. The number of aliphatic hydroxyl groups excluding tert-OH is 1. The third kappa shape index (κ3) is 3.81. The van der Waals surface area contributed by atoms with Crippen LogP contribution < -0.4 is 0 Å². The van der Waals surface area contributed by atoms with E-state index in [1.807, 2.05) is 16.8 Å². The minimum absolute atomic E-state index is 0.421. The minimum atomic E-state index is -0.643. The molecule has 0 amide bonds. The summed E-state index contributed by atoms with van der Waals surface area (Å²) in [5.41, 5.74) is 0.775. The van der Waals surface area contributed by atoms with E-state index in [1.165, 1.54) is 6.33 Å². The Kier molecular flexibility index (Phi) is 5.18. The molecule has 1 N–H and O–H groups in total. The Morgan fingerprint density at radius 3 is 2.80 bits per heavy atom. The average molecular weight is 359 g/mol. The molecule has 20 heavy (non-hydrogen) atoms. The normalized spacial score (nSPS) is 12.9. The molecule has 0 saturated carbocycles. The fourth-order valence-corrected chi connectivity index (χ4v) is 2.39. The summed E-state index contributed by atoms with van der Waals surface area (Å²) in [6, 6.07) is 5.45. The van der Waals surface area contributed by atoms with Crippen LogP contribution in [0.3, 0.4) is 0 Å². The van der Waals surface area contributed by atoms with Gasteiger partial charge in [-0.3, -0.25) is 0 Å². The maximum Gasteiger partial charge on any atom is 0.138 e. The summed E-state index contributed by atoms with van der Waals surface area (Å²) in [6.07, 6.45) is 1.31. The summed E-state index contributed by atoms with van der Waals surface area (Å²) in [5.74, 6) is 1.26. The quantitative estimate of drug-likeness (QED) is 0.888. The molecule has 6 heteroatoms. The average Bonchev–Trinajstić information content (AvgIpc) is 2.79. The summed E-state index contributed by atoms with van der Waals surface area (Å²) in [7, 11) is 0. The third-order valence-electron chi connectivity index (χ3n) is 2.94. The van der Waals surface area contributed by atoms with Crippen molar-refractivity contribution in [1.82, 2.24) is 14.8 Å². The number of aliphatic hydroxyl groups is 1. The first-order valence-electron chi connectivity index (χ1n) is 6.47. The van der Waals surface area contributed by atoms with Gasteiger partial charge in [0.15, 0.2) is 0 Å². The van der Waals surface area contributed by atoms with E-state index < -0.39 is 6.10 Å². The molecule has 1 aromatic carbocycles. The van der Waals surface area contributed by atoms with Gasteiger partial charge in [-0.25, -0.2) is 9.67 Å². The molecule has 108 valence electrons. The highest BCUT2D eigenvalue weighted by Gasteiger charge is 2.15. The van der Waals surface area contributed by atoms with E-state index >= 15 is 0 Å². The van der Waals surface area contributed by atoms with E-state index in [0.29, 0.717) is 17.4 Å². The van der Waals surface area contributed by atoms with E-state index in [9.17, 15) is 5.11 Å². The zero-order chi connectivity index (χ0) is 14.7. The van der Waals surface area contributed by atoms with Crippen LogP contribution in [-0.4, -0.2) is 19.9 Å². The van der Waals surface area contributed by atoms with Crippen LogP contribution in [0, 0.1) is 5.92 Å². The van der Waals surface area contributed by atoms with Gasteiger partial charge in [0.1, 0.15) is 12.2 Å². The lowest BCUT2D eigenvalue weighted by Crippen LogP contribution is -2.13.